The summed E-state index contributed by atoms with van der Waals surface area (Å²) in [6.45, 7) is 1.59. The van der Waals surface area contributed by atoms with Crippen molar-refractivity contribution < 1.29 is 4.79 Å². The smallest absolute Gasteiger partial charge is 0.228 e. The van der Waals surface area contributed by atoms with Crippen LogP contribution in [-0.2, 0) is 0 Å². The average molecular weight is 314 g/mol. The van der Waals surface area contributed by atoms with Gasteiger partial charge in [-0.2, -0.15) is 0 Å². The summed E-state index contributed by atoms with van der Waals surface area (Å²) in [7, 11) is 0. The Morgan fingerprint density at radius 2 is 1.74 bits per heavy atom. The number of hydrogen-bond acceptors (Lipinski definition) is 1. The quantitative estimate of drug-likeness (QED) is 0.636. The van der Waals surface area contributed by atoms with E-state index >= 15 is 0 Å². The predicted molar refractivity (Wildman–Crippen MR) is 81.4 cm³/mol. The molecule has 3 rings (SSSR count). The van der Waals surface area contributed by atoms with E-state index in [9.17, 15) is 4.79 Å². The normalized spacial score (nSPS) is 10.8. The highest BCUT2D eigenvalue weighted by atomic mass is 79.9. The highest BCUT2D eigenvalue weighted by Gasteiger charge is 2.12. The van der Waals surface area contributed by atoms with Crippen LogP contribution in [0.15, 0.2) is 59.1 Å². The number of rotatable bonds is 1. The molecule has 0 unspecified atom stereocenters. The Morgan fingerprint density at radius 1 is 1.05 bits per heavy atom. The molecule has 0 spiro atoms. The lowest BCUT2D eigenvalue weighted by Gasteiger charge is -2.06. The van der Waals surface area contributed by atoms with Crippen molar-refractivity contribution in [2.45, 2.75) is 6.92 Å². The summed E-state index contributed by atoms with van der Waals surface area (Å²) in [6.07, 6.45) is 0. The van der Waals surface area contributed by atoms with Crippen molar-refractivity contribution >= 4 is 32.7 Å². The van der Waals surface area contributed by atoms with Gasteiger partial charge >= 0.3 is 0 Å². The molecular weight excluding hydrogens is 302 g/mol. The maximum Gasteiger partial charge on any atom is 0.228 e. The summed E-state index contributed by atoms with van der Waals surface area (Å²) in [5.74, 6) is 0.0270. The fourth-order valence-corrected chi connectivity index (χ4v) is 2.59. The maximum atomic E-state index is 11.9. The average Bonchev–Trinajstić information content (AvgIpc) is 2.78. The molecule has 1 aromatic heterocycles. The monoisotopic (exact) mass is 313 g/mol. The van der Waals surface area contributed by atoms with E-state index in [1.165, 1.54) is 0 Å². The van der Waals surface area contributed by atoms with Crippen molar-refractivity contribution in [1.82, 2.24) is 4.57 Å². The van der Waals surface area contributed by atoms with Gasteiger partial charge in [-0.05, 0) is 29.8 Å². The molecule has 0 aliphatic heterocycles. The second-order valence-corrected chi connectivity index (χ2v) is 5.37. The zero-order valence-corrected chi connectivity index (χ0v) is 12.0. The summed E-state index contributed by atoms with van der Waals surface area (Å²) in [6, 6.07) is 18.0. The van der Waals surface area contributed by atoms with Gasteiger partial charge < -0.3 is 0 Å². The molecule has 0 atom stereocenters. The lowest BCUT2D eigenvalue weighted by molar-refractivity contribution is 0.0943. The van der Waals surface area contributed by atoms with Crippen LogP contribution in [0.3, 0.4) is 0 Å². The molecule has 0 saturated heterocycles. The third-order valence-corrected chi connectivity index (χ3v) is 3.69. The Labute approximate surface area is 119 Å². The molecule has 0 radical (unpaired) electrons. The number of aromatic nitrogens is 1. The molecule has 0 N–H and O–H groups in total. The Hall–Kier alpha value is -1.87. The highest BCUT2D eigenvalue weighted by Crippen LogP contribution is 2.29. The van der Waals surface area contributed by atoms with Crippen LogP contribution in [0.5, 0.6) is 0 Å². The van der Waals surface area contributed by atoms with Gasteiger partial charge in [0.2, 0.25) is 5.91 Å². The van der Waals surface area contributed by atoms with Crippen LogP contribution in [0.25, 0.3) is 22.2 Å². The number of benzene rings is 2. The molecule has 3 aromatic rings. The van der Waals surface area contributed by atoms with E-state index in [1.807, 2.05) is 48.5 Å². The van der Waals surface area contributed by atoms with Gasteiger partial charge in [0.15, 0.2) is 0 Å². The van der Waals surface area contributed by atoms with Crippen molar-refractivity contribution in [3.63, 3.8) is 0 Å². The maximum absolute atomic E-state index is 11.9. The Bertz CT molecular complexity index is 756. The number of halogens is 1. The first-order valence-corrected chi connectivity index (χ1v) is 6.83. The van der Waals surface area contributed by atoms with E-state index in [2.05, 4.69) is 22.0 Å². The Balaban J connectivity index is 2.31. The van der Waals surface area contributed by atoms with Crippen molar-refractivity contribution in [2.24, 2.45) is 0 Å². The molecule has 0 aliphatic rings. The van der Waals surface area contributed by atoms with Crippen LogP contribution in [0, 0.1) is 0 Å². The topological polar surface area (TPSA) is 22.0 Å². The number of nitrogens with zero attached hydrogens (tertiary/aromatic N) is 1. The largest absolute Gasteiger partial charge is 0.280 e. The number of carbonyl (C=O) groups is 1. The molecule has 2 nitrogen and oxygen atoms in total. The predicted octanol–water partition coefficient (Wildman–Crippen LogP) is 4.73. The van der Waals surface area contributed by atoms with Crippen LogP contribution in [0.2, 0.25) is 0 Å². The molecule has 0 saturated carbocycles. The first-order valence-electron chi connectivity index (χ1n) is 6.04. The van der Waals surface area contributed by atoms with Crippen LogP contribution in [0.4, 0.5) is 0 Å². The van der Waals surface area contributed by atoms with Gasteiger partial charge in [-0.3, -0.25) is 9.36 Å². The van der Waals surface area contributed by atoms with Gasteiger partial charge in [0.05, 0.1) is 11.2 Å². The Morgan fingerprint density at radius 3 is 2.42 bits per heavy atom. The lowest BCUT2D eigenvalue weighted by atomic mass is 10.1. The van der Waals surface area contributed by atoms with Gasteiger partial charge in [-0.25, -0.2) is 0 Å². The van der Waals surface area contributed by atoms with Gasteiger partial charge in [0.25, 0.3) is 0 Å². The second-order valence-electron chi connectivity index (χ2n) is 4.45. The molecule has 94 valence electrons. The summed E-state index contributed by atoms with van der Waals surface area (Å²) < 4.78 is 2.79. The van der Waals surface area contributed by atoms with Gasteiger partial charge in [0, 0.05) is 16.8 Å². The van der Waals surface area contributed by atoms with E-state index in [1.54, 1.807) is 11.5 Å². The van der Waals surface area contributed by atoms with E-state index in [0.29, 0.717) is 0 Å². The van der Waals surface area contributed by atoms with Crippen molar-refractivity contribution in [1.29, 1.82) is 0 Å². The molecule has 3 heteroatoms. The van der Waals surface area contributed by atoms with Crippen molar-refractivity contribution in [2.75, 3.05) is 0 Å². The molecule has 19 heavy (non-hydrogen) atoms. The second kappa shape index (κ2) is 4.67. The van der Waals surface area contributed by atoms with Gasteiger partial charge in [-0.15, -0.1) is 0 Å². The highest BCUT2D eigenvalue weighted by molar-refractivity contribution is 9.10. The number of carbonyl (C=O) groups excluding carboxylic acids is 1. The molecular formula is C16H12BrNO. The van der Waals surface area contributed by atoms with E-state index < -0.39 is 0 Å². The molecule has 0 aliphatic carbocycles. The SMILES string of the molecule is CC(=O)n1c(-c2ccc(Br)cc2)cc2ccccc21. The van der Waals surface area contributed by atoms with Crippen LogP contribution >= 0.6 is 15.9 Å². The minimum Gasteiger partial charge on any atom is -0.280 e. The van der Waals surface area contributed by atoms with Crippen LogP contribution in [-0.4, -0.2) is 10.5 Å². The molecule has 0 fully saturated rings. The first kappa shape index (κ1) is 12.2. The zero-order valence-electron chi connectivity index (χ0n) is 10.4. The Kier molecular flexibility index (Phi) is 2.99. The molecule has 1 heterocycles. The summed E-state index contributed by atoms with van der Waals surface area (Å²) in [4.78, 5) is 11.9. The van der Waals surface area contributed by atoms with Gasteiger partial charge in [0.1, 0.15) is 0 Å². The summed E-state index contributed by atoms with van der Waals surface area (Å²) >= 11 is 3.43. The van der Waals surface area contributed by atoms with Crippen molar-refractivity contribution in [3.8, 4) is 11.3 Å². The number of para-hydroxylation sites is 1. The number of hydrogen-bond donors (Lipinski definition) is 0. The van der Waals surface area contributed by atoms with E-state index in [4.69, 9.17) is 0 Å². The molecule has 0 bridgehead atoms. The third-order valence-electron chi connectivity index (χ3n) is 3.17. The fourth-order valence-electron chi connectivity index (χ4n) is 2.33. The lowest BCUT2D eigenvalue weighted by Crippen LogP contribution is -2.06. The minimum absolute atomic E-state index is 0.0270. The number of fused-ring (bicyclic) bond motifs is 1. The molecule has 0 amide bonds. The van der Waals surface area contributed by atoms with E-state index in [-0.39, 0.29) is 5.91 Å². The summed E-state index contributed by atoms with van der Waals surface area (Å²) in [5.41, 5.74) is 2.92. The van der Waals surface area contributed by atoms with Crippen LogP contribution < -0.4 is 0 Å². The van der Waals surface area contributed by atoms with Crippen molar-refractivity contribution in [3.05, 3.63) is 59.1 Å². The molecule has 2 aromatic carbocycles. The fraction of sp³-hybridized carbons (Fsp3) is 0.0625. The standard InChI is InChI=1S/C16H12BrNO/c1-11(19)18-15-5-3-2-4-13(15)10-16(18)12-6-8-14(17)9-7-12/h2-10H,1H3. The third kappa shape index (κ3) is 2.10. The van der Waals surface area contributed by atoms with Gasteiger partial charge in [-0.1, -0.05) is 46.3 Å². The summed E-state index contributed by atoms with van der Waals surface area (Å²) in [5, 5.41) is 1.08. The zero-order chi connectivity index (χ0) is 13.4. The first-order chi connectivity index (χ1) is 9.16. The van der Waals surface area contributed by atoms with E-state index in [0.717, 1.165) is 26.6 Å². The van der Waals surface area contributed by atoms with Crippen LogP contribution in [0.1, 0.15) is 11.7 Å². The minimum atomic E-state index is 0.0270.